The third-order valence-corrected chi connectivity index (χ3v) is 4.36. The Morgan fingerprint density at radius 1 is 0.759 bits per heavy atom. The van der Waals surface area contributed by atoms with E-state index in [4.69, 9.17) is 4.42 Å². The van der Waals surface area contributed by atoms with Crippen molar-refractivity contribution in [2.24, 2.45) is 0 Å². The van der Waals surface area contributed by atoms with E-state index in [0.717, 1.165) is 16.9 Å². The van der Waals surface area contributed by atoms with Crippen LogP contribution in [-0.2, 0) is 0 Å². The van der Waals surface area contributed by atoms with Crippen LogP contribution in [0, 0.1) is 0 Å². The van der Waals surface area contributed by atoms with Crippen LogP contribution in [-0.4, -0.2) is 12.2 Å². The lowest BCUT2D eigenvalue weighted by Crippen LogP contribution is -2.11. The lowest BCUT2D eigenvalue weighted by molar-refractivity contribution is 0.102. The summed E-state index contributed by atoms with van der Waals surface area (Å²) in [6.45, 7) is 0. The molecule has 5 nitrogen and oxygen atoms in total. The van der Waals surface area contributed by atoms with Gasteiger partial charge in [-0.1, -0.05) is 30.3 Å². The molecule has 4 aromatic rings. The van der Waals surface area contributed by atoms with Crippen molar-refractivity contribution in [2.45, 2.75) is 0 Å². The lowest BCUT2D eigenvalue weighted by Gasteiger charge is -2.09. The predicted octanol–water partition coefficient (Wildman–Crippen LogP) is 5.76. The van der Waals surface area contributed by atoms with Crippen LogP contribution in [0.2, 0.25) is 0 Å². The van der Waals surface area contributed by atoms with Crippen LogP contribution in [0.1, 0.15) is 20.9 Å². The molecular formula is C24H18N2O3. The zero-order chi connectivity index (χ0) is 20.1. The molecule has 0 fully saturated rings. The number of amides is 1. The van der Waals surface area contributed by atoms with Gasteiger partial charge in [-0.3, -0.25) is 9.59 Å². The molecule has 29 heavy (non-hydrogen) atoms. The number of carbonyl (C=O) groups is 2. The number of nitrogens with one attached hydrogen (secondary N) is 2. The van der Waals surface area contributed by atoms with Gasteiger partial charge in [0.25, 0.3) is 5.91 Å². The first-order valence-electron chi connectivity index (χ1n) is 9.10. The molecule has 0 aliphatic carbocycles. The number of para-hydroxylation sites is 1. The van der Waals surface area contributed by atoms with Gasteiger partial charge in [0.2, 0.25) is 0 Å². The van der Waals surface area contributed by atoms with Crippen LogP contribution in [0.25, 0.3) is 11.3 Å². The van der Waals surface area contributed by atoms with Crippen molar-refractivity contribution in [1.82, 2.24) is 0 Å². The number of aldehydes is 1. The first kappa shape index (κ1) is 18.3. The molecule has 0 bridgehead atoms. The Hall–Kier alpha value is -4.12. The fraction of sp³-hybridized carbons (Fsp3) is 0. The molecule has 0 radical (unpaired) electrons. The number of rotatable bonds is 6. The Kier molecular flexibility index (Phi) is 5.21. The summed E-state index contributed by atoms with van der Waals surface area (Å²) < 4.78 is 5.43. The molecule has 1 amide bonds. The molecule has 1 aromatic heterocycles. The van der Waals surface area contributed by atoms with E-state index in [1.54, 1.807) is 30.3 Å². The normalized spacial score (nSPS) is 10.3. The van der Waals surface area contributed by atoms with E-state index >= 15 is 0 Å². The molecule has 0 atom stereocenters. The van der Waals surface area contributed by atoms with Crippen molar-refractivity contribution in [3.8, 4) is 11.3 Å². The molecule has 142 valence electrons. The van der Waals surface area contributed by atoms with Crippen LogP contribution in [0.5, 0.6) is 0 Å². The Bertz CT molecular complexity index is 1130. The van der Waals surface area contributed by atoms with Crippen molar-refractivity contribution >= 4 is 29.3 Å². The summed E-state index contributed by atoms with van der Waals surface area (Å²) >= 11 is 0. The highest BCUT2D eigenvalue weighted by molar-refractivity contribution is 6.05. The monoisotopic (exact) mass is 382 g/mol. The minimum absolute atomic E-state index is 0.224. The second-order valence-corrected chi connectivity index (χ2v) is 6.42. The Morgan fingerprint density at radius 2 is 1.48 bits per heavy atom. The van der Waals surface area contributed by atoms with Crippen LogP contribution in [0.4, 0.5) is 17.1 Å². The summed E-state index contributed by atoms with van der Waals surface area (Å²) in [6.07, 6.45) is 0.649. The highest BCUT2D eigenvalue weighted by Crippen LogP contribution is 2.23. The second-order valence-electron chi connectivity index (χ2n) is 6.42. The molecule has 0 saturated carbocycles. The van der Waals surface area contributed by atoms with E-state index in [9.17, 15) is 9.59 Å². The van der Waals surface area contributed by atoms with Gasteiger partial charge < -0.3 is 15.1 Å². The lowest BCUT2D eigenvalue weighted by atomic mass is 10.1. The zero-order valence-electron chi connectivity index (χ0n) is 15.5. The molecule has 0 spiro atoms. The van der Waals surface area contributed by atoms with E-state index < -0.39 is 0 Å². The van der Waals surface area contributed by atoms with Crippen molar-refractivity contribution in [3.63, 3.8) is 0 Å². The molecule has 0 aliphatic heterocycles. The van der Waals surface area contributed by atoms with Gasteiger partial charge in [0, 0.05) is 28.2 Å². The zero-order valence-corrected chi connectivity index (χ0v) is 15.5. The Morgan fingerprint density at radius 3 is 2.21 bits per heavy atom. The van der Waals surface area contributed by atoms with Gasteiger partial charge in [0.05, 0.1) is 0 Å². The highest BCUT2D eigenvalue weighted by atomic mass is 16.3. The van der Waals surface area contributed by atoms with E-state index in [0.29, 0.717) is 23.3 Å². The maximum Gasteiger partial charge on any atom is 0.255 e. The largest absolute Gasteiger partial charge is 0.453 e. The summed E-state index contributed by atoms with van der Waals surface area (Å²) in [5.41, 5.74) is 3.85. The van der Waals surface area contributed by atoms with Gasteiger partial charge in [-0.05, 0) is 60.7 Å². The maximum atomic E-state index is 12.6. The summed E-state index contributed by atoms with van der Waals surface area (Å²) in [5.74, 6) is 0.565. The van der Waals surface area contributed by atoms with Gasteiger partial charge in [-0.15, -0.1) is 0 Å². The average Bonchev–Trinajstić information content (AvgIpc) is 3.25. The molecule has 0 saturated heterocycles. The fourth-order valence-corrected chi connectivity index (χ4v) is 2.91. The van der Waals surface area contributed by atoms with Crippen molar-refractivity contribution in [3.05, 3.63) is 102 Å². The topological polar surface area (TPSA) is 71.3 Å². The summed E-state index contributed by atoms with van der Waals surface area (Å²) in [6, 6.07) is 27.7. The Labute approximate surface area is 168 Å². The highest BCUT2D eigenvalue weighted by Gasteiger charge is 2.10. The number of hydrogen-bond acceptors (Lipinski definition) is 4. The van der Waals surface area contributed by atoms with Crippen molar-refractivity contribution < 1.29 is 14.0 Å². The SMILES string of the molecule is O=Cc1ccc(-c2cccc(C(=O)Nc3ccc(Nc4ccccc4)cc3)c2)o1. The quantitative estimate of drug-likeness (QED) is 0.416. The molecular weight excluding hydrogens is 364 g/mol. The maximum absolute atomic E-state index is 12.6. The first-order chi connectivity index (χ1) is 14.2. The first-order valence-corrected chi connectivity index (χ1v) is 9.10. The number of benzene rings is 3. The minimum Gasteiger partial charge on any atom is -0.453 e. The number of hydrogen-bond donors (Lipinski definition) is 2. The van der Waals surface area contributed by atoms with Crippen molar-refractivity contribution in [2.75, 3.05) is 10.6 Å². The van der Waals surface area contributed by atoms with Crippen LogP contribution < -0.4 is 10.6 Å². The third-order valence-electron chi connectivity index (χ3n) is 4.36. The van der Waals surface area contributed by atoms with E-state index in [1.807, 2.05) is 60.7 Å². The molecule has 5 heteroatoms. The molecule has 2 N–H and O–H groups in total. The summed E-state index contributed by atoms with van der Waals surface area (Å²) in [4.78, 5) is 23.4. The molecule has 4 rings (SSSR count). The second kappa shape index (κ2) is 8.27. The van der Waals surface area contributed by atoms with Gasteiger partial charge in [0.15, 0.2) is 12.0 Å². The number of anilines is 3. The van der Waals surface area contributed by atoms with Crippen molar-refractivity contribution in [1.29, 1.82) is 0 Å². The molecule has 0 unspecified atom stereocenters. The standard InChI is InChI=1S/C24H18N2O3/c27-16-22-13-14-23(29-22)17-5-4-6-18(15-17)24(28)26-21-11-9-20(10-12-21)25-19-7-2-1-3-8-19/h1-16,25H,(H,26,28). The molecule has 0 aliphatic rings. The minimum atomic E-state index is -0.224. The van der Waals surface area contributed by atoms with E-state index in [-0.39, 0.29) is 11.7 Å². The van der Waals surface area contributed by atoms with Gasteiger partial charge >= 0.3 is 0 Å². The van der Waals surface area contributed by atoms with Crippen LogP contribution >= 0.6 is 0 Å². The Balaban J connectivity index is 1.45. The summed E-state index contributed by atoms with van der Waals surface area (Å²) in [5, 5.41) is 6.19. The van der Waals surface area contributed by atoms with E-state index in [1.165, 1.54) is 0 Å². The van der Waals surface area contributed by atoms with E-state index in [2.05, 4.69) is 10.6 Å². The third kappa shape index (κ3) is 4.42. The van der Waals surface area contributed by atoms with Gasteiger partial charge in [-0.25, -0.2) is 0 Å². The number of furan rings is 1. The number of carbonyl (C=O) groups excluding carboxylic acids is 2. The van der Waals surface area contributed by atoms with Crippen LogP contribution in [0.15, 0.2) is 95.4 Å². The summed E-state index contributed by atoms with van der Waals surface area (Å²) in [7, 11) is 0. The average molecular weight is 382 g/mol. The molecule has 3 aromatic carbocycles. The smallest absolute Gasteiger partial charge is 0.255 e. The molecule has 1 heterocycles. The predicted molar refractivity (Wildman–Crippen MR) is 114 cm³/mol. The fourth-order valence-electron chi connectivity index (χ4n) is 2.91. The van der Waals surface area contributed by atoms with Crippen LogP contribution in [0.3, 0.4) is 0 Å². The van der Waals surface area contributed by atoms with Gasteiger partial charge in [-0.2, -0.15) is 0 Å². The van der Waals surface area contributed by atoms with Gasteiger partial charge in [0.1, 0.15) is 5.76 Å².